The van der Waals surface area contributed by atoms with Crippen molar-refractivity contribution in [3.63, 3.8) is 0 Å². The quantitative estimate of drug-likeness (QED) is 0.574. The lowest BCUT2D eigenvalue weighted by Crippen LogP contribution is -2.50. The number of halogens is 1. The van der Waals surface area contributed by atoms with Crippen LogP contribution in [0.5, 0.6) is 0 Å². The molecule has 2 aliphatic rings. The van der Waals surface area contributed by atoms with Crippen LogP contribution in [0, 0.1) is 0 Å². The number of pyridine rings is 1. The zero-order chi connectivity index (χ0) is 20.0. The molecule has 148 valence electrons. The van der Waals surface area contributed by atoms with Gasteiger partial charge < -0.3 is 9.47 Å². The second kappa shape index (κ2) is 7.52. The third-order valence-corrected chi connectivity index (χ3v) is 6.78. The summed E-state index contributed by atoms with van der Waals surface area (Å²) in [6, 6.07) is 16.2. The molecule has 0 saturated carbocycles. The van der Waals surface area contributed by atoms with Crippen LogP contribution in [0.25, 0.3) is 5.82 Å². The Balaban J connectivity index is 1.36. The van der Waals surface area contributed by atoms with Crippen LogP contribution in [0.3, 0.4) is 0 Å². The second-order valence-corrected chi connectivity index (χ2v) is 8.70. The minimum Gasteiger partial charge on any atom is -0.306 e. The molecule has 7 heteroatoms. The Labute approximate surface area is 179 Å². The zero-order valence-electron chi connectivity index (χ0n) is 16.0. The number of benzene rings is 1. The topological polar surface area (TPSA) is 41.4 Å². The van der Waals surface area contributed by atoms with Crippen LogP contribution in [-0.2, 0) is 11.3 Å². The predicted molar refractivity (Wildman–Crippen MR) is 117 cm³/mol. The first-order chi connectivity index (χ1) is 14.2. The van der Waals surface area contributed by atoms with Crippen LogP contribution in [0.1, 0.15) is 12.1 Å². The molecule has 1 amide bonds. The number of aromatic nitrogens is 2. The third kappa shape index (κ3) is 3.25. The monoisotopic (exact) mass is 424 g/mol. The van der Waals surface area contributed by atoms with Gasteiger partial charge in [-0.1, -0.05) is 23.7 Å². The van der Waals surface area contributed by atoms with E-state index in [0.29, 0.717) is 5.02 Å². The summed E-state index contributed by atoms with van der Waals surface area (Å²) in [6.07, 6.45) is 6.61. The molecule has 2 aromatic heterocycles. The van der Waals surface area contributed by atoms with Gasteiger partial charge in [-0.05, 0) is 49.1 Å². The molecule has 1 aromatic carbocycles. The van der Waals surface area contributed by atoms with E-state index in [1.807, 2.05) is 41.4 Å². The fraction of sp³-hybridized carbons (Fsp3) is 0.273. The number of amides is 1. The predicted octanol–water partition coefficient (Wildman–Crippen LogP) is 4.24. The highest BCUT2D eigenvalue weighted by atomic mass is 35.5. The molecule has 5 nitrogen and oxygen atoms in total. The van der Waals surface area contributed by atoms with Gasteiger partial charge in [0.25, 0.3) is 0 Å². The van der Waals surface area contributed by atoms with Crippen molar-refractivity contribution in [2.45, 2.75) is 29.9 Å². The van der Waals surface area contributed by atoms with Crippen LogP contribution < -0.4 is 4.90 Å². The number of hydrogen-bond donors (Lipinski definition) is 0. The van der Waals surface area contributed by atoms with Crippen molar-refractivity contribution in [2.75, 3.05) is 17.7 Å². The van der Waals surface area contributed by atoms with E-state index in [2.05, 4.69) is 38.9 Å². The Morgan fingerprint density at radius 1 is 1.17 bits per heavy atom. The number of thioether (sulfide) groups is 1. The molecule has 2 aliphatic heterocycles. The molecule has 4 heterocycles. The molecule has 0 aliphatic carbocycles. The smallest absolute Gasteiger partial charge is 0.244 e. The van der Waals surface area contributed by atoms with Crippen LogP contribution in [0.4, 0.5) is 5.69 Å². The van der Waals surface area contributed by atoms with Gasteiger partial charge in [-0.2, -0.15) is 0 Å². The number of fused-ring (bicyclic) bond motifs is 2. The molecular formula is C22H21ClN4OS. The number of carbonyl (C=O) groups excluding carboxylic acids is 1. The lowest BCUT2D eigenvalue weighted by molar-refractivity contribution is -0.122. The van der Waals surface area contributed by atoms with Crippen molar-refractivity contribution in [3.8, 4) is 5.82 Å². The van der Waals surface area contributed by atoms with E-state index >= 15 is 0 Å². The lowest BCUT2D eigenvalue weighted by Gasteiger charge is -2.34. The first-order valence-electron chi connectivity index (χ1n) is 9.64. The van der Waals surface area contributed by atoms with Gasteiger partial charge in [0.15, 0.2) is 0 Å². The fourth-order valence-electron chi connectivity index (χ4n) is 4.47. The summed E-state index contributed by atoms with van der Waals surface area (Å²) in [7, 11) is 0. The van der Waals surface area contributed by atoms with E-state index in [0.717, 1.165) is 41.6 Å². The summed E-state index contributed by atoms with van der Waals surface area (Å²) >= 11 is 7.66. The number of likely N-dealkylation sites (tertiary alicyclic amines) is 1. The van der Waals surface area contributed by atoms with Gasteiger partial charge in [0.1, 0.15) is 5.82 Å². The maximum atomic E-state index is 13.2. The molecule has 2 fully saturated rings. The van der Waals surface area contributed by atoms with E-state index in [-0.39, 0.29) is 18.0 Å². The van der Waals surface area contributed by atoms with E-state index < -0.39 is 0 Å². The van der Waals surface area contributed by atoms with Gasteiger partial charge in [-0.3, -0.25) is 9.69 Å². The van der Waals surface area contributed by atoms with Crippen molar-refractivity contribution >= 4 is 35.0 Å². The second-order valence-electron chi connectivity index (χ2n) is 7.42. The summed E-state index contributed by atoms with van der Waals surface area (Å²) < 4.78 is 2.06. The van der Waals surface area contributed by atoms with Gasteiger partial charge in [0, 0.05) is 36.1 Å². The van der Waals surface area contributed by atoms with Crippen LogP contribution in [-0.4, -0.2) is 45.2 Å². The Bertz CT molecular complexity index is 1050. The minimum atomic E-state index is -0.0589. The third-order valence-electron chi connectivity index (χ3n) is 5.77. The first-order valence-corrected chi connectivity index (χ1v) is 11.2. The van der Waals surface area contributed by atoms with Crippen molar-refractivity contribution < 1.29 is 4.79 Å². The zero-order valence-corrected chi connectivity index (χ0v) is 17.6. The van der Waals surface area contributed by atoms with Gasteiger partial charge in [0.2, 0.25) is 5.91 Å². The van der Waals surface area contributed by atoms with Crippen LogP contribution >= 0.6 is 23.4 Å². The van der Waals surface area contributed by atoms with Crippen molar-refractivity contribution in [2.24, 2.45) is 0 Å². The highest BCUT2D eigenvalue weighted by molar-refractivity contribution is 7.98. The van der Waals surface area contributed by atoms with E-state index in [1.54, 1.807) is 18.0 Å². The lowest BCUT2D eigenvalue weighted by atomic mass is 10.2. The van der Waals surface area contributed by atoms with Gasteiger partial charge >= 0.3 is 0 Å². The number of carbonyl (C=O) groups is 1. The SMILES string of the molecule is CSc1ccccc1N1C(=O)[C@@H]2C[C@H]1CN2Cc1cccn1-c1ccc(Cl)cn1. The fourth-order valence-corrected chi connectivity index (χ4v) is 5.17. The minimum absolute atomic E-state index is 0.0589. The average Bonchev–Trinajstić information content (AvgIpc) is 3.44. The Hall–Kier alpha value is -2.28. The molecular weight excluding hydrogens is 404 g/mol. The van der Waals surface area contributed by atoms with Crippen molar-refractivity contribution in [1.82, 2.24) is 14.5 Å². The number of hydrogen-bond acceptors (Lipinski definition) is 4. The highest BCUT2D eigenvalue weighted by Gasteiger charge is 2.50. The van der Waals surface area contributed by atoms with Crippen molar-refractivity contribution in [1.29, 1.82) is 0 Å². The van der Waals surface area contributed by atoms with E-state index in [1.165, 1.54) is 0 Å². The molecule has 0 N–H and O–H groups in total. The average molecular weight is 425 g/mol. The molecule has 5 rings (SSSR count). The molecule has 0 spiro atoms. The molecule has 3 aromatic rings. The normalized spacial score (nSPS) is 21.3. The maximum Gasteiger partial charge on any atom is 0.244 e. The molecule has 2 saturated heterocycles. The summed E-state index contributed by atoms with van der Waals surface area (Å²) in [5.74, 6) is 1.05. The maximum absolute atomic E-state index is 13.2. The highest BCUT2D eigenvalue weighted by Crippen LogP contribution is 2.40. The van der Waals surface area contributed by atoms with Gasteiger partial charge in [-0.25, -0.2) is 4.98 Å². The van der Waals surface area contributed by atoms with Crippen molar-refractivity contribution in [3.05, 3.63) is 71.6 Å². The summed E-state index contributed by atoms with van der Waals surface area (Å²) in [6.45, 7) is 1.61. The van der Waals surface area contributed by atoms with Gasteiger partial charge in [-0.15, -0.1) is 11.8 Å². The van der Waals surface area contributed by atoms with Crippen LogP contribution in [0.2, 0.25) is 5.02 Å². The van der Waals surface area contributed by atoms with Crippen LogP contribution in [0.15, 0.2) is 65.8 Å². The first kappa shape index (κ1) is 18.7. The van der Waals surface area contributed by atoms with E-state index in [9.17, 15) is 4.79 Å². The largest absolute Gasteiger partial charge is 0.306 e. The Morgan fingerprint density at radius 2 is 2.03 bits per heavy atom. The molecule has 2 bridgehead atoms. The number of rotatable bonds is 5. The number of anilines is 1. The summed E-state index contributed by atoms with van der Waals surface area (Å²) in [5, 5.41) is 0.621. The number of piperazine rings is 1. The molecule has 0 radical (unpaired) electrons. The summed E-state index contributed by atoms with van der Waals surface area (Å²) in [5.41, 5.74) is 2.17. The Morgan fingerprint density at radius 3 is 2.79 bits per heavy atom. The van der Waals surface area contributed by atoms with Gasteiger partial charge in [0.05, 0.1) is 22.8 Å². The standard InChI is InChI=1S/C22H21ClN4OS/c1-29-20-7-3-2-6-18(20)27-17-11-19(22(27)28)25(14-17)13-16-5-4-10-26(16)21-9-8-15(23)12-24-21/h2-10,12,17,19H,11,13-14H2,1H3/t17-,19-/m0/s1. The number of nitrogens with zero attached hydrogens (tertiary/aromatic N) is 4. The number of para-hydroxylation sites is 1. The molecule has 2 atom stereocenters. The molecule has 29 heavy (non-hydrogen) atoms. The summed E-state index contributed by atoms with van der Waals surface area (Å²) in [4.78, 5) is 23.1. The molecule has 0 unspecified atom stereocenters. The van der Waals surface area contributed by atoms with E-state index in [4.69, 9.17) is 11.6 Å². The Kier molecular flexibility index (Phi) is 4.86.